The van der Waals surface area contributed by atoms with Gasteiger partial charge in [-0.1, -0.05) is 19.4 Å². The van der Waals surface area contributed by atoms with Crippen molar-refractivity contribution in [2.24, 2.45) is 5.92 Å². The zero-order valence-corrected chi connectivity index (χ0v) is 11.5. The van der Waals surface area contributed by atoms with Crippen molar-refractivity contribution in [1.82, 2.24) is 0 Å². The summed E-state index contributed by atoms with van der Waals surface area (Å²) in [6.45, 7) is 2.07. The summed E-state index contributed by atoms with van der Waals surface area (Å²) in [6.07, 6.45) is 5.62. The topological polar surface area (TPSA) is 46.5 Å². The number of aryl methyl sites for hydroxylation is 1. The van der Waals surface area contributed by atoms with Crippen LogP contribution in [0.25, 0.3) is 5.57 Å². The molecule has 0 saturated heterocycles. The first-order valence-electron chi connectivity index (χ1n) is 6.77. The van der Waals surface area contributed by atoms with E-state index < -0.39 is 5.97 Å². The number of carboxylic acid groups (broad SMARTS) is 1. The van der Waals surface area contributed by atoms with Crippen LogP contribution in [0.15, 0.2) is 24.3 Å². The van der Waals surface area contributed by atoms with Crippen molar-refractivity contribution in [3.63, 3.8) is 0 Å². The minimum Gasteiger partial charge on any atom is -0.496 e. The van der Waals surface area contributed by atoms with E-state index in [1.165, 1.54) is 12.5 Å². The number of methoxy groups -OCH3 is 1. The molecule has 3 nitrogen and oxygen atoms in total. The molecule has 1 aromatic carbocycles. The molecular formula is C16H20O3. The van der Waals surface area contributed by atoms with Crippen LogP contribution in [0.3, 0.4) is 0 Å². The van der Waals surface area contributed by atoms with E-state index in [2.05, 4.69) is 13.0 Å². The SMILES string of the molecule is CCc1cc(/C(=C/C(=O)O)C2CCC2)ccc1OC. The molecule has 1 aliphatic rings. The summed E-state index contributed by atoms with van der Waals surface area (Å²) in [5.41, 5.74) is 3.09. The molecule has 0 aromatic heterocycles. The molecule has 0 bridgehead atoms. The van der Waals surface area contributed by atoms with Crippen molar-refractivity contribution in [3.8, 4) is 5.75 Å². The Kier molecular flexibility index (Phi) is 4.25. The highest BCUT2D eigenvalue weighted by Crippen LogP contribution is 2.39. The van der Waals surface area contributed by atoms with Gasteiger partial charge in [0.25, 0.3) is 0 Å². The zero-order chi connectivity index (χ0) is 13.8. The van der Waals surface area contributed by atoms with E-state index in [0.717, 1.165) is 41.7 Å². The number of hydrogen-bond acceptors (Lipinski definition) is 2. The maximum atomic E-state index is 11.0. The summed E-state index contributed by atoms with van der Waals surface area (Å²) in [7, 11) is 1.66. The molecule has 1 aromatic rings. The fourth-order valence-electron chi connectivity index (χ4n) is 2.52. The van der Waals surface area contributed by atoms with E-state index in [0.29, 0.717) is 5.92 Å². The number of benzene rings is 1. The molecule has 1 N–H and O–H groups in total. The minimum absolute atomic E-state index is 0.397. The Labute approximate surface area is 113 Å². The van der Waals surface area contributed by atoms with Crippen molar-refractivity contribution < 1.29 is 14.6 Å². The van der Waals surface area contributed by atoms with Gasteiger partial charge in [-0.3, -0.25) is 0 Å². The smallest absolute Gasteiger partial charge is 0.328 e. The van der Waals surface area contributed by atoms with Gasteiger partial charge in [0.1, 0.15) is 5.75 Å². The van der Waals surface area contributed by atoms with Gasteiger partial charge in [-0.05, 0) is 54.0 Å². The lowest BCUT2D eigenvalue weighted by molar-refractivity contribution is -0.131. The molecule has 0 heterocycles. The Morgan fingerprint density at radius 1 is 1.47 bits per heavy atom. The van der Waals surface area contributed by atoms with Crippen LogP contribution in [0.1, 0.15) is 37.3 Å². The van der Waals surface area contributed by atoms with E-state index in [4.69, 9.17) is 9.84 Å². The predicted molar refractivity (Wildman–Crippen MR) is 75.3 cm³/mol. The summed E-state index contributed by atoms with van der Waals surface area (Å²) in [4.78, 5) is 11.0. The van der Waals surface area contributed by atoms with Gasteiger partial charge in [-0.15, -0.1) is 0 Å². The molecular weight excluding hydrogens is 240 g/mol. The van der Waals surface area contributed by atoms with Gasteiger partial charge in [0, 0.05) is 6.08 Å². The standard InChI is InChI=1S/C16H20O3/c1-3-11-9-13(7-8-15(11)19-2)14(10-16(17)18)12-5-4-6-12/h7-10,12H,3-6H2,1-2H3,(H,17,18)/b14-10+. The fourth-order valence-corrected chi connectivity index (χ4v) is 2.52. The second-order valence-electron chi connectivity index (χ2n) is 4.95. The molecule has 2 rings (SSSR count). The molecule has 1 aliphatic carbocycles. The molecule has 102 valence electrons. The number of rotatable bonds is 5. The maximum absolute atomic E-state index is 11.0. The van der Waals surface area contributed by atoms with Crippen LogP contribution in [0.5, 0.6) is 5.75 Å². The maximum Gasteiger partial charge on any atom is 0.328 e. The first-order valence-corrected chi connectivity index (χ1v) is 6.77. The van der Waals surface area contributed by atoms with E-state index >= 15 is 0 Å². The molecule has 0 atom stereocenters. The fraction of sp³-hybridized carbons (Fsp3) is 0.438. The Morgan fingerprint density at radius 2 is 2.21 bits per heavy atom. The van der Waals surface area contributed by atoms with E-state index in [1.807, 2.05) is 12.1 Å². The lowest BCUT2D eigenvalue weighted by atomic mass is 9.76. The van der Waals surface area contributed by atoms with Crippen LogP contribution in [0.2, 0.25) is 0 Å². The Hall–Kier alpha value is -1.77. The average molecular weight is 260 g/mol. The van der Waals surface area contributed by atoms with Crippen molar-refractivity contribution in [2.75, 3.05) is 7.11 Å². The normalized spacial score (nSPS) is 16.0. The van der Waals surface area contributed by atoms with Gasteiger partial charge in [0.15, 0.2) is 0 Å². The third-order valence-electron chi connectivity index (χ3n) is 3.82. The molecule has 1 saturated carbocycles. The highest BCUT2D eigenvalue weighted by molar-refractivity contribution is 5.90. The molecule has 0 spiro atoms. The van der Waals surface area contributed by atoms with Gasteiger partial charge in [0.05, 0.1) is 7.11 Å². The van der Waals surface area contributed by atoms with E-state index in [9.17, 15) is 4.79 Å². The number of allylic oxidation sites excluding steroid dienone is 1. The largest absolute Gasteiger partial charge is 0.496 e. The third kappa shape index (κ3) is 2.98. The lowest BCUT2D eigenvalue weighted by Gasteiger charge is -2.28. The number of carbonyl (C=O) groups is 1. The second-order valence-corrected chi connectivity index (χ2v) is 4.95. The molecule has 1 fully saturated rings. The van der Waals surface area contributed by atoms with Crippen molar-refractivity contribution in [1.29, 1.82) is 0 Å². The summed E-state index contributed by atoms with van der Waals surface area (Å²) >= 11 is 0. The van der Waals surface area contributed by atoms with Gasteiger partial charge < -0.3 is 9.84 Å². The lowest BCUT2D eigenvalue weighted by Crippen LogP contribution is -2.14. The van der Waals surface area contributed by atoms with Crippen LogP contribution < -0.4 is 4.74 Å². The molecule has 0 aliphatic heterocycles. The quantitative estimate of drug-likeness (QED) is 0.824. The molecule has 0 unspecified atom stereocenters. The van der Waals surface area contributed by atoms with Gasteiger partial charge in [-0.2, -0.15) is 0 Å². The monoisotopic (exact) mass is 260 g/mol. The van der Waals surface area contributed by atoms with Crippen molar-refractivity contribution in [3.05, 3.63) is 35.4 Å². The average Bonchev–Trinajstić information content (AvgIpc) is 2.34. The van der Waals surface area contributed by atoms with Crippen molar-refractivity contribution in [2.45, 2.75) is 32.6 Å². The number of hydrogen-bond donors (Lipinski definition) is 1. The second kappa shape index (κ2) is 5.91. The summed E-state index contributed by atoms with van der Waals surface area (Å²) in [5, 5.41) is 9.04. The number of carboxylic acids is 1. The van der Waals surface area contributed by atoms with Gasteiger partial charge in [0.2, 0.25) is 0 Å². The van der Waals surface area contributed by atoms with Crippen LogP contribution in [0, 0.1) is 5.92 Å². The van der Waals surface area contributed by atoms with Crippen LogP contribution in [0.4, 0.5) is 0 Å². The molecule has 0 radical (unpaired) electrons. The van der Waals surface area contributed by atoms with E-state index in [-0.39, 0.29) is 0 Å². The van der Waals surface area contributed by atoms with Gasteiger partial charge in [-0.25, -0.2) is 4.79 Å². The Balaban J connectivity index is 2.39. The van der Waals surface area contributed by atoms with Crippen molar-refractivity contribution >= 4 is 11.5 Å². The third-order valence-corrected chi connectivity index (χ3v) is 3.82. The predicted octanol–water partition coefficient (Wildman–Crippen LogP) is 3.53. The first kappa shape index (κ1) is 13.7. The van der Waals surface area contributed by atoms with Crippen LogP contribution in [-0.4, -0.2) is 18.2 Å². The summed E-state index contributed by atoms with van der Waals surface area (Å²) in [5.74, 6) is 0.402. The van der Waals surface area contributed by atoms with Gasteiger partial charge >= 0.3 is 5.97 Å². The summed E-state index contributed by atoms with van der Waals surface area (Å²) < 4.78 is 5.32. The first-order chi connectivity index (χ1) is 9.15. The molecule has 3 heteroatoms. The highest BCUT2D eigenvalue weighted by atomic mass is 16.5. The molecule has 19 heavy (non-hydrogen) atoms. The Bertz CT molecular complexity index is 499. The number of aliphatic carboxylic acids is 1. The zero-order valence-electron chi connectivity index (χ0n) is 11.5. The van der Waals surface area contributed by atoms with Crippen LogP contribution >= 0.6 is 0 Å². The minimum atomic E-state index is -0.865. The molecule has 0 amide bonds. The summed E-state index contributed by atoms with van der Waals surface area (Å²) in [6, 6.07) is 5.96. The number of ether oxygens (including phenoxy) is 1. The Morgan fingerprint density at radius 3 is 2.68 bits per heavy atom. The highest BCUT2D eigenvalue weighted by Gasteiger charge is 2.24. The van der Waals surface area contributed by atoms with Crippen LogP contribution in [-0.2, 0) is 11.2 Å². The van der Waals surface area contributed by atoms with E-state index in [1.54, 1.807) is 7.11 Å².